The van der Waals surface area contributed by atoms with Gasteiger partial charge in [-0.3, -0.25) is 4.79 Å². The molecule has 1 aromatic rings. The average molecular weight is 208 g/mol. The summed E-state index contributed by atoms with van der Waals surface area (Å²) in [5.74, 6) is -0.660. The Kier molecular flexibility index (Phi) is 2.58. The van der Waals surface area contributed by atoms with Crippen molar-refractivity contribution in [2.45, 2.75) is 18.9 Å². The molecule has 0 radical (unpaired) electrons. The van der Waals surface area contributed by atoms with E-state index in [1.54, 1.807) is 6.07 Å². The number of hydrogen-bond donors (Lipinski definition) is 2. The van der Waals surface area contributed by atoms with E-state index in [9.17, 15) is 9.18 Å². The molecule has 1 fully saturated rings. The number of halogens is 1. The van der Waals surface area contributed by atoms with Gasteiger partial charge < -0.3 is 10.6 Å². The molecule has 0 aliphatic heterocycles. The number of carbonyl (C=O) groups is 1. The topological polar surface area (TPSA) is 41.1 Å². The Balaban J connectivity index is 2.29. The van der Waals surface area contributed by atoms with Crippen molar-refractivity contribution in [3.05, 3.63) is 29.6 Å². The number of benzene rings is 1. The molecule has 1 aliphatic rings. The highest BCUT2D eigenvalue weighted by atomic mass is 19.1. The molecule has 3 nitrogen and oxygen atoms in total. The molecule has 0 spiro atoms. The van der Waals surface area contributed by atoms with E-state index >= 15 is 0 Å². The molecule has 15 heavy (non-hydrogen) atoms. The highest BCUT2D eigenvalue weighted by Gasteiger charge is 2.23. The third-order valence-corrected chi connectivity index (χ3v) is 2.39. The van der Waals surface area contributed by atoms with E-state index in [1.807, 2.05) is 0 Å². The highest BCUT2D eigenvalue weighted by Crippen LogP contribution is 2.27. The molecule has 0 unspecified atom stereocenters. The van der Waals surface area contributed by atoms with Gasteiger partial charge in [-0.25, -0.2) is 4.39 Å². The van der Waals surface area contributed by atoms with E-state index in [1.165, 1.54) is 19.2 Å². The fourth-order valence-electron chi connectivity index (χ4n) is 1.41. The van der Waals surface area contributed by atoms with Crippen LogP contribution in [0.4, 0.5) is 10.1 Å². The van der Waals surface area contributed by atoms with Gasteiger partial charge in [0.15, 0.2) is 0 Å². The molecule has 2 N–H and O–H groups in total. The van der Waals surface area contributed by atoms with Gasteiger partial charge in [0, 0.05) is 18.8 Å². The lowest BCUT2D eigenvalue weighted by Gasteiger charge is -2.10. The SMILES string of the molecule is CNC(=O)c1cc(F)ccc1NC1CC1. The van der Waals surface area contributed by atoms with Gasteiger partial charge >= 0.3 is 0 Å². The first-order valence-electron chi connectivity index (χ1n) is 4.99. The van der Waals surface area contributed by atoms with Crippen molar-refractivity contribution < 1.29 is 9.18 Å². The van der Waals surface area contributed by atoms with Crippen molar-refractivity contribution in [3.8, 4) is 0 Å². The van der Waals surface area contributed by atoms with Gasteiger partial charge in [0.05, 0.1) is 5.56 Å². The molecule has 2 rings (SSSR count). The molecule has 1 aromatic carbocycles. The van der Waals surface area contributed by atoms with E-state index in [2.05, 4.69) is 10.6 Å². The Labute approximate surface area is 87.7 Å². The van der Waals surface area contributed by atoms with E-state index < -0.39 is 5.82 Å². The minimum absolute atomic E-state index is 0.266. The lowest BCUT2D eigenvalue weighted by molar-refractivity contribution is 0.0963. The molecular formula is C11H13FN2O. The van der Waals surface area contributed by atoms with Crippen LogP contribution in [0.5, 0.6) is 0 Å². The van der Waals surface area contributed by atoms with Crippen molar-refractivity contribution in [1.82, 2.24) is 5.32 Å². The Morgan fingerprint density at radius 1 is 1.47 bits per heavy atom. The van der Waals surface area contributed by atoms with Crippen LogP contribution in [0.3, 0.4) is 0 Å². The minimum Gasteiger partial charge on any atom is -0.382 e. The summed E-state index contributed by atoms with van der Waals surface area (Å²) in [7, 11) is 1.54. The standard InChI is InChI=1S/C11H13FN2O/c1-13-11(15)9-6-7(12)2-5-10(9)14-8-3-4-8/h2,5-6,8,14H,3-4H2,1H3,(H,13,15). The van der Waals surface area contributed by atoms with Gasteiger partial charge in [-0.2, -0.15) is 0 Å². The van der Waals surface area contributed by atoms with E-state index in [0.29, 0.717) is 17.3 Å². The largest absolute Gasteiger partial charge is 0.382 e. The van der Waals surface area contributed by atoms with Crippen LogP contribution >= 0.6 is 0 Å². The third-order valence-electron chi connectivity index (χ3n) is 2.39. The zero-order valence-corrected chi connectivity index (χ0v) is 8.51. The van der Waals surface area contributed by atoms with Crippen LogP contribution in [-0.2, 0) is 0 Å². The predicted octanol–water partition coefficient (Wildman–Crippen LogP) is 1.76. The number of anilines is 1. The lowest BCUT2D eigenvalue weighted by atomic mass is 10.1. The second-order valence-corrected chi connectivity index (χ2v) is 3.69. The smallest absolute Gasteiger partial charge is 0.253 e. The quantitative estimate of drug-likeness (QED) is 0.794. The summed E-state index contributed by atoms with van der Waals surface area (Å²) < 4.78 is 13.0. The van der Waals surface area contributed by atoms with Gasteiger partial charge in [-0.1, -0.05) is 0 Å². The molecule has 4 heteroatoms. The molecule has 0 saturated heterocycles. The molecule has 0 bridgehead atoms. The maximum Gasteiger partial charge on any atom is 0.253 e. The third kappa shape index (κ3) is 2.26. The van der Waals surface area contributed by atoms with E-state index in [0.717, 1.165) is 12.8 Å². The molecular weight excluding hydrogens is 195 g/mol. The second-order valence-electron chi connectivity index (χ2n) is 3.69. The lowest BCUT2D eigenvalue weighted by Crippen LogP contribution is -2.20. The summed E-state index contributed by atoms with van der Waals surface area (Å²) in [6, 6.07) is 4.66. The molecule has 1 amide bonds. The maximum absolute atomic E-state index is 13.0. The fourth-order valence-corrected chi connectivity index (χ4v) is 1.41. The van der Waals surface area contributed by atoms with E-state index in [4.69, 9.17) is 0 Å². The first-order valence-corrected chi connectivity index (χ1v) is 4.99. The van der Waals surface area contributed by atoms with Crippen molar-refractivity contribution in [2.75, 3.05) is 12.4 Å². The van der Waals surface area contributed by atoms with Crippen LogP contribution in [0.1, 0.15) is 23.2 Å². The molecule has 1 aliphatic carbocycles. The van der Waals surface area contributed by atoms with Crippen LogP contribution in [0.15, 0.2) is 18.2 Å². The van der Waals surface area contributed by atoms with Crippen molar-refractivity contribution in [2.24, 2.45) is 0 Å². The Morgan fingerprint density at radius 3 is 2.80 bits per heavy atom. The molecule has 0 aromatic heterocycles. The monoisotopic (exact) mass is 208 g/mol. The van der Waals surface area contributed by atoms with Gasteiger partial charge in [-0.15, -0.1) is 0 Å². The zero-order valence-electron chi connectivity index (χ0n) is 8.51. The van der Waals surface area contributed by atoms with Crippen molar-refractivity contribution >= 4 is 11.6 Å². The molecule has 0 heterocycles. The predicted molar refractivity (Wildman–Crippen MR) is 56.4 cm³/mol. The highest BCUT2D eigenvalue weighted by molar-refractivity contribution is 5.99. The number of rotatable bonds is 3. The van der Waals surface area contributed by atoms with Crippen LogP contribution < -0.4 is 10.6 Å². The number of hydrogen-bond acceptors (Lipinski definition) is 2. The molecule has 80 valence electrons. The summed E-state index contributed by atoms with van der Waals surface area (Å²) in [5, 5.41) is 5.70. The molecule has 0 atom stereocenters. The number of nitrogens with one attached hydrogen (secondary N) is 2. The first-order chi connectivity index (χ1) is 7.20. The summed E-state index contributed by atoms with van der Waals surface area (Å²) >= 11 is 0. The van der Waals surface area contributed by atoms with Gasteiger partial charge in [0.25, 0.3) is 5.91 Å². The van der Waals surface area contributed by atoms with Crippen LogP contribution in [0, 0.1) is 5.82 Å². The normalized spacial score (nSPS) is 14.8. The Morgan fingerprint density at radius 2 is 2.20 bits per heavy atom. The molecule has 1 saturated carbocycles. The van der Waals surface area contributed by atoms with Gasteiger partial charge in [-0.05, 0) is 31.0 Å². The minimum atomic E-state index is -0.394. The Hall–Kier alpha value is -1.58. The van der Waals surface area contributed by atoms with Crippen LogP contribution in [-0.4, -0.2) is 19.0 Å². The second kappa shape index (κ2) is 3.88. The summed E-state index contributed by atoms with van der Waals surface area (Å²) in [6.07, 6.45) is 2.23. The maximum atomic E-state index is 13.0. The first kappa shape index (κ1) is 9.96. The summed E-state index contributed by atoms with van der Waals surface area (Å²) in [6.45, 7) is 0. The number of carbonyl (C=O) groups excluding carboxylic acids is 1. The van der Waals surface area contributed by atoms with Crippen LogP contribution in [0.25, 0.3) is 0 Å². The zero-order chi connectivity index (χ0) is 10.8. The average Bonchev–Trinajstić information content (AvgIpc) is 3.03. The van der Waals surface area contributed by atoms with E-state index in [-0.39, 0.29) is 5.91 Å². The van der Waals surface area contributed by atoms with Gasteiger partial charge in [0.2, 0.25) is 0 Å². The summed E-state index contributed by atoms with van der Waals surface area (Å²) in [4.78, 5) is 11.5. The fraction of sp³-hybridized carbons (Fsp3) is 0.364. The van der Waals surface area contributed by atoms with Crippen molar-refractivity contribution in [1.29, 1.82) is 0 Å². The van der Waals surface area contributed by atoms with Crippen molar-refractivity contribution in [3.63, 3.8) is 0 Å². The van der Waals surface area contributed by atoms with Gasteiger partial charge in [0.1, 0.15) is 5.82 Å². The van der Waals surface area contributed by atoms with Crippen LogP contribution in [0.2, 0.25) is 0 Å². The Bertz CT molecular complexity index is 388. The summed E-state index contributed by atoms with van der Waals surface area (Å²) in [5.41, 5.74) is 1.07. The number of amides is 1.